The third-order valence-electron chi connectivity index (χ3n) is 4.45. The predicted octanol–water partition coefficient (Wildman–Crippen LogP) is 2.65. The van der Waals surface area contributed by atoms with E-state index in [1.54, 1.807) is 0 Å². The van der Waals surface area contributed by atoms with Gasteiger partial charge in [0.1, 0.15) is 6.33 Å². The number of nitrogens with zero attached hydrogens (tertiary/aromatic N) is 4. The van der Waals surface area contributed by atoms with Gasteiger partial charge in [0, 0.05) is 31.6 Å². The van der Waals surface area contributed by atoms with Crippen LogP contribution in [0.25, 0.3) is 0 Å². The minimum absolute atomic E-state index is 0.150. The van der Waals surface area contributed by atoms with Crippen molar-refractivity contribution in [1.82, 2.24) is 14.9 Å². The lowest BCUT2D eigenvalue weighted by Gasteiger charge is -2.39. The van der Waals surface area contributed by atoms with Crippen molar-refractivity contribution < 1.29 is 9.18 Å². The van der Waals surface area contributed by atoms with Crippen molar-refractivity contribution in [2.75, 3.05) is 25.0 Å². The zero-order chi connectivity index (χ0) is 17.2. The van der Waals surface area contributed by atoms with Gasteiger partial charge in [-0.25, -0.2) is 14.4 Å². The van der Waals surface area contributed by atoms with E-state index in [9.17, 15) is 9.18 Å². The zero-order valence-electron chi connectivity index (χ0n) is 14.8. The highest BCUT2D eigenvalue weighted by atomic mass is 19.1. The summed E-state index contributed by atoms with van der Waals surface area (Å²) in [6, 6.07) is 0.202. The van der Waals surface area contributed by atoms with Gasteiger partial charge in [-0.2, -0.15) is 0 Å². The van der Waals surface area contributed by atoms with Gasteiger partial charge in [0.25, 0.3) is 0 Å². The van der Waals surface area contributed by atoms with Crippen LogP contribution in [0.1, 0.15) is 46.2 Å². The van der Waals surface area contributed by atoms with Crippen molar-refractivity contribution in [2.45, 2.75) is 53.0 Å². The zero-order valence-corrected chi connectivity index (χ0v) is 14.8. The number of aryl methyl sites for hydroxylation is 1. The van der Waals surface area contributed by atoms with Crippen molar-refractivity contribution >= 4 is 11.7 Å². The van der Waals surface area contributed by atoms with E-state index in [2.05, 4.69) is 9.97 Å². The highest BCUT2D eigenvalue weighted by Crippen LogP contribution is 2.26. The molecule has 0 aromatic carbocycles. The van der Waals surface area contributed by atoms with E-state index in [0.717, 1.165) is 12.8 Å². The molecule has 2 rings (SSSR count). The molecule has 0 aliphatic carbocycles. The molecule has 1 aromatic heterocycles. The second-order valence-electron chi connectivity index (χ2n) is 7.20. The molecule has 2 heterocycles. The van der Waals surface area contributed by atoms with Gasteiger partial charge in [0.15, 0.2) is 11.6 Å². The summed E-state index contributed by atoms with van der Waals surface area (Å²) in [5.74, 6) is 0.227. The summed E-state index contributed by atoms with van der Waals surface area (Å²) in [6.07, 6.45) is 3.63. The van der Waals surface area contributed by atoms with Crippen LogP contribution >= 0.6 is 0 Å². The number of hydrogen-bond donors (Lipinski definition) is 0. The molecule has 1 aliphatic heterocycles. The molecule has 5 nitrogen and oxygen atoms in total. The summed E-state index contributed by atoms with van der Waals surface area (Å²) in [7, 11) is 1.87. The van der Waals surface area contributed by atoms with Gasteiger partial charge < -0.3 is 9.80 Å². The minimum Gasteiger partial charge on any atom is -0.354 e. The molecule has 0 atom stereocenters. The first kappa shape index (κ1) is 17.6. The smallest absolute Gasteiger partial charge is 0.227 e. The highest BCUT2D eigenvalue weighted by molar-refractivity contribution is 5.81. The number of aromatic nitrogens is 2. The Balaban J connectivity index is 2.03. The lowest BCUT2D eigenvalue weighted by atomic mass is 9.92. The van der Waals surface area contributed by atoms with Crippen LogP contribution in [0.3, 0.4) is 0 Å². The molecule has 0 radical (unpaired) electrons. The lowest BCUT2D eigenvalue weighted by molar-refractivity contribution is -0.140. The molecule has 1 aliphatic rings. The fraction of sp³-hybridized carbons (Fsp3) is 0.706. The first-order chi connectivity index (χ1) is 10.8. The van der Waals surface area contributed by atoms with E-state index in [0.29, 0.717) is 31.0 Å². The SMILES string of the molecule is CCc1ncnc(N2CCC(N(C)C(=O)C(C)(C)C)CC2)c1F. The Hall–Kier alpha value is -1.72. The number of rotatable bonds is 3. The number of amides is 1. The molecular weight excluding hydrogens is 295 g/mol. The van der Waals surface area contributed by atoms with E-state index in [1.807, 2.05) is 44.5 Å². The molecule has 6 heteroatoms. The summed E-state index contributed by atoms with van der Waals surface area (Å²) in [5.41, 5.74) is 0.0814. The van der Waals surface area contributed by atoms with Crippen molar-refractivity contribution in [3.05, 3.63) is 17.8 Å². The number of hydrogen-bond acceptors (Lipinski definition) is 4. The predicted molar refractivity (Wildman–Crippen MR) is 88.8 cm³/mol. The summed E-state index contributed by atoms with van der Waals surface area (Å²) in [6.45, 7) is 9.08. The normalized spacial score (nSPS) is 16.5. The third kappa shape index (κ3) is 3.79. The van der Waals surface area contributed by atoms with Crippen molar-refractivity contribution in [3.8, 4) is 0 Å². The average molecular weight is 322 g/mol. The number of piperidine rings is 1. The summed E-state index contributed by atoms with van der Waals surface area (Å²) >= 11 is 0. The number of carbonyl (C=O) groups is 1. The third-order valence-corrected chi connectivity index (χ3v) is 4.45. The minimum atomic E-state index is -0.374. The summed E-state index contributed by atoms with van der Waals surface area (Å²) in [5, 5.41) is 0. The Bertz CT molecular complexity index is 562. The second-order valence-corrected chi connectivity index (χ2v) is 7.20. The van der Waals surface area contributed by atoms with E-state index in [4.69, 9.17) is 0 Å². The van der Waals surface area contributed by atoms with Gasteiger partial charge in [-0.1, -0.05) is 27.7 Å². The van der Waals surface area contributed by atoms with Crippen LogP contribution in [0.5, 0.6) is 0 Å². The Morgan fingerprint density at radius 3 is 2.48 bits per heavy atom. The van der Waals surface area contributed by atoms with Crippen LogP contribution < -0.4 is 4.90 Å². The Morgan fingerprint density at radius 2 is 1.96 bits per heavy atom. The standard InChI is InChI=1S/C17H27FN4O/c1-6-13-14(18)15(20-11-19-13)22-9-7-12(8-10-22)21(5)16(23)17(2,3)4/h11-12H,6-10H2,1-5H3. The van der Waals surface area contributed by atoms with Gasteiger partial charge >= 0.3 is 0 Å². The summed E-state index contributed by atoms with van der Waals surface area (Å²) < 4.78 is 14.4. The first-order valence-corrected chi connectivity index (χ1v) is 8.27. The quantitative estimate of drug-likeness (QED) is 0.858. The fourth-order valence-electron chi connectivity index (χ4n) is 3.02. The Labute approximate surface area is 137 Å². The molecule has 1 amide bonds. The topological polar surface area (TPSA) is 49.3 Å². The monoisotopic (exact) mass is 322 g/mol. The first-order valence-electron chi connectivity index (χ1n) is 8.27. The maximum atomic E-state index is 14.4. The second kappa shape index (κ2) is 6.81. The molecule has 0 spiro atoms. The van der Waals surface area contributed by atoms with Gasteiger partial charge in [0.05, 0.1) is 5.69 Å². The maximum absolute atomic E-state index is 14.4. The molecular formula is C17H27FN4O. The van der Waals surface area contributed by atoms with Crippen molar-refractivity contribution in [2.24, 2.45) is 5.41 Å². The fourth-order valence-corrected chi connectivity index (χ4v) is 3.02. The van der Waals surface area contributed by atoms with Crippen LogP contribution in [0, 0.1) is 11.2 Å². The largest absolute Gasteiger partial charge is 0.354 e. The molecule has 128 valence electrons. The molecule has 0 bridgehead atoms. The molecule has 23 heavy (non-hydrogen) atoms. The van der Waals surface area contributed by atoms with Crippen molar-refractivity contribution in [1.29, 1.82) is 0 Å². The molecule has 1 saturated heterocycles. The summed E-state index contributed by atoms with van der Waals surface area (Å²) in [4.78, 5) is 24.3. The molecule has 1 aromatic rings. The number of anilines is 1. The lowest BCUT2D eigenvalue weighted by Crippen LogP contribution is -2.49. The van der Waals surface area contributed by atoms with Crippen LogP contribution in [-0.4, -0.2) is 47.0 Å². The van der Waals surface area contributed by atoms with E-state index >= 15 is 0 Å². The van der Waals surface area contributed by atoms with Gasteiger partial charge in [-0.05, 0) is 19.3 Å². The maximum Gasteiger partial charge on any atom is 0.227 e. The number of carbonyl (C=O) groups excluding carboxylic acids is 1. The van der Waals surface area contributed by atoms with E-state index in [1.165, 1.54) is 6.33 Å². The van der Waals surface area contributed by atoms with Crippen LogP contribution in [0.15, 0.2) is 6.33 Å². The molecule has 1 fully saturated rings. The van der Waals surface area contributed by atoms with Crippen LogP contribution in [0.4, 0.5) is 10.2 Å². The Kier molecular flexibility index (Phi) is 5.22. The molecule has 0 saturated carbocycles. The van der Waals surface area contributed by atoms with E-state index in [-0.39, 0.29) is 23.2 Å². The van der Waals surface area contributed by atoms with Crippen LogP contribution in [0.2, 0.25) is 0 Å². The average Bonchev–Trinajstić information content (AvgIpc) is 2.53. The highest BCUT2D eigenvalue weighted by Gasteiger charge is 2.32. The Morgan fingerprint density at radius 1 is 1.35 bits per heavy atom. The van der Waals surface area contributed by atoms with Gasteiger partial charge in [-0.15, -0.1) is 0 Å². The van der Waals surface area contributed by atoms with Gasteiger partial charge in [-0.3, -0.25) is 4.79 Å². The number of halogens is 1. The molecule has 0 unspecified atom stereocenters. The molecule has 0 N–H and O–H groups in total. The van der Waals surface area contributed by atoms with E-state index < -0.39 is 0 Å². The van der Waals surface area contributed by atoms with Gasteiger partial charge in [0.2, 0.25) is 5.91 Å². The van der Waals surface area contributed by atoms with Crippen LogP contribution in [-0.2, 0) is 11.2 Å². The van der Waals surface area contributed by atoms with Crippen molar-refractivity contribution in [3.63, 3.8) is 0 Å².